The molecule has 1 aliphatic rings. The van der Waals surface area contributed by atoms with Gasteiger partial charge in [-0.3, -0.25) is 0 Å². The van der Waals surface area contributed by atoms with Gasteiger partial charge in [-0.15, -0.1) is 11.6 Å². The molecule has 2 heterocycles. The van der Waals surface area contributed by atoms with E-state index < -0.39 is 9.84 Å². The molecule has 2 unspecified atom stereocenters. The highest BCUT2D eigenvalue weighted by atomic mass is 35.5. The largest absolute Gasteiger partial charge is 0.326 e. The minimum Gasteiger partial charge on any atom is -0.326 e. The van der Waals surface area contributed by atoms with Crippen molar-refractivity contribution in [2.45, 2.75) is 32.2 Å². The van der Waals surface area contributed by atoms with Gasteiger partial charge in [0.2, 0.25) is 0 Å². The van der Waals surface area contributed by atoms with E-state index in [1.807, 2.05) is 26.0 Å². The number of nitrogens with zero attached hydrogens (tertiary/aromatic N) is 2. The Morgan fingerprint density at radius 3 is 2.86 bits per heavy atom. The van der Waals surface area contributed by atoms with Crippen LogP contribution in [0.4, 0.5) is 0 Å². The number of hydrogen-bond donors (Lipinski definition) is 0. The Morgan fingerprint density at radius 1 is 1.48 bits per heavy atom. The third-order valence-corrected chi connectivity index (χ3v) is 6.09. The molecule has 6 heteroatoms. The van der Waals surface area contributed by atoms with E-state index in [1.165, 1.54) is 0 Å². The second-order valence-electron chi connectivity index (χ2n) is 5.96. The number of benzene rings is 1. The molecule has 2 atom stereocenters. The number of aromatic nitrogens is 2. The highest BCUT2D eigenvalue weighted by Crippen LogP contribution is 2.28. The molecule has 1 aliphatic heterocycles. The van der Waals surface area contributed by atoms with Crippen LogP contribution in [0, 0.1) is 12.8 Å². The molecule has 2 aromatic rings. The van der Waals surface area contributed by atoms with Crippen LogP contribution in [-0.4, -0.2) is 29.5 Å². The Kier molecular flexibility index (Phi) is 3.74. The van der Waals surface area contributed by atoms with Gasteiger partial charge >= 0.3 is 0 Å². The maximum Gasteiger partial charge on any atom is 0.150 e. The van der Waals surface area contributed by atoms with Crippen molar-refractivity contribution in [3.63, 3.8) is 0 Å². The number of sulfone groups is 1. The van der Waals surface area contributed by atoms with E-state index in [1.54, 1.807) is 0 Å². The van der Waals surface area contributed by atoms with Gasteiger partial charge in [0, 0.05) is 6.54 Å². The van der Waals surface area contributed by atoms with Crippen molar-refractivity contribution in [3.8, 4) is 0 Å². The van der Waals surface area contributed by atoms with Crippen LogP contribution < -0.4 is 0 Å². The zero-order chi connectivity index (χ0) is 15.2. The Balaban J connectivity index is 2.02. The topological polar surface area (TPSA) is 52.0 Å². The summed E-state index contributed by atoms with van der Waals surface area (Å²) in [5.74, 6) is 1.55. The summed E-state index contributed by atoms with van der Waals surface area (Å²) < 4.78 is 25.4. The lowest BCUT2D eigenvalue weighted by atomic mass is 10.1. The number of fused-ring (bicyclic) bond motifs is 1. The molecule has 0 aliphatic carbocycles. The van der Waals surface area contributed by atoms with Gasteiger partial charge in [0.15, 0.2) is 9.84 Å². The first kappa shape index (κ1) is 14.9. The van der Waals surface area contributed by atoms with E-state index in [0.717, 1.165) is 28.8 Å². The summed E-state index contributed by atoms with van der Waals surface area (Å²) in [7, 11) is -2.86. The van der Waals surface area contributed by atoms with Crippen molar-refractivity contribution in [3.05, 3.63) is 29.6 Å². The van der Waals surface area contributed by atoms with E-state index in [4.69, 9.17) is 11.6 Å². The van der Waals surface area contributed by atoms with Gasteiger partial charge in [-0.1, -0.05) is 6.07 Å². The minimum absolute atomic E-state index is 0.155. The van der Waals surface area contributed by atoms with Crippen molar-refractivity contribution in [1.82, 2.24) is 9.55 Å². The van der Waals surface area contributed by atoms with Crippen molar-refractivity contribution in [1.29, 1.82) is 0 Å². The van der Waals surface area contributed by atoms with E-state index in [0.29, 0.717) is 12.3 Å². The Bertz CT molecular complexity index is 780. The molecule has 1 aromatic carbocycles. The van der Waals surface area contributed by atoms with Crippen LogP contribution in [0.15, 0.2) is 18.2 Å². The molecule has 0 N–H and O–H groups in total. The van der Waals surface area contributed by atoms with Gasteiger partial charge in [-0.05, 0) is 43.9 Å². The summed E-state index contributed by atoms with van der Waals surface area (Å²) in [5.41, 5.74) is 3.12. The summed E-state index contributed by atoms with van der Waals surface area (Å²) in [6.07, 6.45) is 0.726. The smallest absolute Gasteiger partial charge is 0.150 e. The molecule has 0 spiro atoms. The number of halogens is 1. The lowest BCUT2D eigenvalue weighted by Gasteiger charge is -2.14. The zero-order valence-electron chi connectivity index (χ0n) is 12.2. The van der Waals surface area contributed by atoms with Gasteiger partial charge in [-0.25, -0.2) is 13.4 Å². The third kappa shape index (κ3) is 2.94. The Morgan fingerprint density at radius 2 is 2.24 bits per heavy atom. The number of imidazole rings is 1. The lowest BCUT2D eigenvalue weighted by molar-refractivity contribution is 0.486. The van der Waals surface area contributed by atoms with Gasteiger partial charge in [0.25, 0.3) is 0 Å². The highest BCUT2D eigenvalue weighted by molar-refractivity contribution is 7.91. The molecule has 1 saturated heterocycles. The maximum absolute atomic E-state index is 11.6. The zero-order valence-corrected chi connectivity index (χ0v) is 13.8. The molecule has 114 valence electrons. The molecule has 1 fully saturated rings. The molecule has 0 bridgehead atoms. The van der Waals surface area contributed by atoms with E-state index >= 15 is 0 Å². The maximum atomic E-state index is 11.6. The van der Waals surface area contributed by atoms with Crippen LogP contribution in [0.25, 0.3) is 11.0 Å². The first-order valence-corrected chi connectivity index (χ1v) is 9.43. The van der Waals surface area contributed by atoms with Crippen LogP contribution in [0.1, 0.15) is 30.1 Å². The minimum atomic E-state index is -2.86. The first-order valence-electron chi connectivity index (χ1n) is 7.17. The van der Waals surface area contributed by atoms with Crippen molar-refractivity contribution < 1.29 is 8.42 Å². The molecule has 0 saturated carbocycles. The van der Waals surface area contributed by atoms with Crippen molar-refractivity contribution in [2.75, 3.05) is 11.5 Å². The summed E-state index contributed by atoms with van der Waals surface area (Å²) in [4.78, 5) is 4.63. The molecular weight excluding hydrogens is 308 g/mol. The number of rotatable bonds is 3. The number of hydrogen-bond acceptors (Lipinski definition) is 3. The first-order chi connectivity index (χ1) is 9.85. The summed E-state index contributed by atoms with van der Waals surface area (Å²) in [5, 5.41) is -0.198. The molecule has 4 nitrogen and oxygen atoms in total. The van der Waals surface area contributed by atoms with Crippen LogP contribution in [0.2, 0.25) is 0 Å². The monoisotopic (exact) mass is 326 g/mol. The van der Waals surface area contributed by atoms with Crippen LogP contribution in [-0.2, 0) is 16.4 Å². The quantitative estimate of drug-likeness (QED) is 0.814. The summed E-state index contributed by atoms with van der Waals surface area (Å²) >= 11 is 6.26. The second kappa shape index (κ2) is 5.29. The molecule has 3 rings (SSSR count). The van der Waals surface area contributed by atoms with Crippen LogP contribution >= 0.6 is 11.6 Å². The Hall–Kier alpha value is -1.07. The van der Waals surface area contributed by atoms with Gasteiger partial charge < -0.3 is 4.57 Å². The highest BCUT2D eigenvalue weighted by Gasteiger charge is 2.29. The fraction of sp³-hybridized carbons (Fsp3) is 0.533. The number of aryl methyl sites for hydroxylation is 1. The SMILES string of the molecule is Cc1ccc2c(c1)nc(C(C)Cl)n2CC1CCS(=O)(=O)C1. The predicted octanol–water partition coefficient (Wildman–Crippen LogP) is 3.08. The van der Waals surface area contributed by atoms with Crippen molar-refractivity contribution in [2.24, 2.45) is 5.92 Å². The summed E-state index contributed by atoms with van der Waals surface area (Å²) in [6, 6.07) is 6.14. The fourth-order valence-electron chi connectivity index (χ4n) is 3.03. The fourth-order valence-corrected chi connectivity index (χ4v) is 5.04. The predicted molar refractivity (Wildman–Crippen MR) is 85.5 cm³/mol. The van der Waals surface area contributed by atoms with Crippen LogP contribution in [0.5, 0.6) is 0 Å². The molecule has 0 radical (unpaired) electrons. The normalized spacial score (nSPS) is 22.7. The van der Waals surface area contributed by atoms with Gasteiger partial charge in [0.05, 0.1) is 27.9 Å². The summed E-state index contributed by atoms with van der Waals surface area (Å²) in [6.45, 7) is 4.61. The standard InChI is InChI=1S/C15H19ClN2O2S/c1-10-3-4-14-13(7-10)17-15(11(2)16)18(14)8-12-5-6-21(19,20)9-12/h3-4,7,11-12H,5-6,8-9H2,1-2H3. The second-order valence-corrected chi connectivity index (χ2v) is 8.84. The van der Waals surface area contributed by atoms with E-state index in [2.05, 4.69) is 15.6 Å². The Labute approximate surface area is 130 Å². The molecule has 0 amide bonds. The van der Waals surface area contributed by atoms with E-state index in [-0.39, 0.29) is 17.0 Å². The van der Waals surface area contributed by atoms with E-state index in [9.17, 15) is 8.42 Å². The van der Waals surface area contributed by atoms with Crippen LogP contribution in [0.3, 0.4) is 0 Å². The average Bonchev–Trinajstić information content (AvgIpc) is 2.90. The number of alkyl halides is 1. The van der Waals surface area contributed by atoms with Gasteiger partial charge in [-0.2, -0.15) is 0 Å². The molecule has 21 heavy (non-hydrogen) atoms. The molecular formula is C15H19ClN2O2S. The third-order valence-electron chi connectivity index (χ3n) is 4.06. The van der Waals surface area contributed by atoms with Gasteiger partial charge in [0.1, 0.15) is 5.82 Å². The average molecular weight is 327 g/mol. The lowest BCUT2D eigenvalue weighted by Crippen LogP contribution is -2.15. The van der Waals surface area contributed by atoms with Crippen molar-refractivity contribution >= 4 is 32.5 Å². The molecule has 1 aromatic heterocycles.